The van der Waals surface area contributed by atoms with E-state index in [1.807, 2.05) is 6.92 Å². The maximum absolute atomic E-state index is 11.6. The van der Waals surface area contributed by atoms with Crippen LogP contribution in [0.15, 0.2) is 48.5 Å². The molecule has 2 aromatic rings. The molecule has 0 amide bonds. The molecule has 0 aliphatic rings. The Morgan fingerprint density at radius 2 is 1.25 bits per heavy atom. The van der Waals surface area contributed by atoms with Crippen molar-refractivity contribution >= 4 is 47.4 Å². The molecule has 2 aromatic carbocycles. The van der Waals surface area contributed by atoms with Crippen LogP contribution >= 0.6 is 25.3 Å². The number of hydrogen-bond donors (Lipinski definition) is 3. The first kappa shape index (κ1) is 23.5. The molecule has 0 spiro atoms. The van der Waals surface area contributed by atoms with Crippen LogP contribution in [0.3, 0.4) is 0 Å². The van der Waals surface area contributed by atoms with Crippen molar-refractivity contribution < 1.29 is 29.0 Å². The largest absolute Gasteiger partial charge is 0.478 e. The predicted octanol–water partition coefficient (Wildman–Crippen LogP) is 4.17. The molecule has 0 saturated heterocycles. The van der Waals surface area contributed by atoms with Crippen LogP contribution in [-0.4, -0.2) is 33.9 Å². The Morgan fingerprint density at radius 1 is 0.821 bits per heavy atom. The van der Waals surface area contributed by atoms with E-state index in [0.29, 0.717) is 6.61 Å². The number of ether oxygens (including phenoxy) is 1. The van der Waals surface area contributed by atoms with Gasteiger partial charge in [-0.1, -0.05) is 37.6 Å². The van der Waals surface area contributed by atoms with Gasteiger partial charge in [0.25, 0.3) is 0 Å². The van der Waals surface area contributed by atoms with Gasteiger partial charge in [-0.3, -0.25) is 9.59 Å². The fourth-order valence-electron chi connectivity index (χ4n) is 2.09. The molecule has 0 aliphatic carbocycles. The number of carbonyl (C=O) groups excluding carboxylic acids is 3. The Balaban J connectivity index is 0.000000292. The highest BCUT2D eigenvalue weighted by molar-refractivity contribution is 7.97. The number of esters is 1. The number of benzene rings is 2. The van der Waals surface area contributed by atoms with Crippen LogP contribution in [0.5, 0.6) is 0 Å². The molecule has 1 N–H and O–H groups in total. The van der Waals surface area contributed by atoms with Gasteiger partial charge in [-0.15, -0.1) is 25.3 Å². The van der Waals surface area contributed by atoms with E-state index in [0.717, 1.165) is 12.8 Å². The first-order chi connectivity index (χ1) is 13.3. The van der Waals surface area contributed by atoms with Crippen molar-refractivity contribution in [3.63, 3.8) is 0 Å². The normalized spacial score (nSPS) is 9.68. The summed E-state index contributed by atoms with van der Waals surface area (Å²) in [7, 11) is 0. The van der Waals surface area contributed by atoms with E-state index in [1.54, 1.807) is 36.4 Å². The lowest BCUT2D eigenvalue weighted by atomic mass is 10.1. The van der Waals surface area contributed by atoms with Gasteiger partial charge in [0.15, 0.2) is 0 Å². The third-order valence-electron chi connectivity index (χ3n) is 3.50. The molecule has 0 unspecified atom stereocenters. The summed E-state index contributed by atoms with van der Waals surface area (Å²) in [6, 6.07) is 12.5. The topological polar surface area (TPSA) is 97.7 Å². The van der Waals surface area contributed by atoms with Crippen LogP contribution in [0.25, 0.3) is 0 Å². The Kier molecular flexibility index (Phi) is 10.0. The summed E-state index contributed by atoms with van der Waals surface area (Å²) in [5, 5.41) is 7.67. The number of rotatable bonds is 7. The van der Waals surface area contributed by atoms with E-state index in [1.165, 1.54) is 12.1 Å². The number of carboxylic acid groups (broad SMARTS) is 1. The predicted molar refractivity (Wildman–Crippen MR) is 112 cm³/mol. The monoisotopic (exact) mass is 420 g/mol. The Bertz CT molecular complexity index is 830. The average Bonchev–Trinajstić information content (AvgIpc) is 2.68. The van der Waals surface area contributed by atoms with Crippen molar-refractivity contribution in [3.05, 3.63) is 70.8 Å². The Hall–Kier alpha value is -2.58. The van der Waals surface area contributed by atoms with Gasteiger partial charge in [-0.2, -0.15) is 0 Å². The lowest BCUT2D eigenvalue weighted by molar-refractivity contribution is 0.0497. The zero-order chi connectivity index (χ0) is 21.1. The van der Waals surface area contributed by atoms with Crippen LogP contribution in [0, 0.1) is 0 Å². The van der Waals surface area contributed by atoms with Crippen LogP contribution in [-0.2, 0) is 4.74 Å². The SMILES string of the molecule is CCCCOC(=O)c1ccccc1C(=O)S.O=C(O)c1ccccc1C(=O)S. The third-order valence-corrected chi connectivity index (χ3v) is 3.98. The van der Waals surface area contributed by atoms with Crippen LogP contribution in [0.4, 0.5) is 0 Å². The van der Waals surface area contributed by atoms with E-state index in [2.05, 4.69) is 25.3 Å². The molecular weight excluding hydrogens is 400 g/mol. The minimum absolute atomic E-state index is 0.0162. The van der Waals surface area contributed by atoms with Crippen molar-refractivity contribution in [3.8, 4) is 0 Å². The summed E-state index contributed by atoms with van der Waals surface area (Å²) in [6.45, 7) is 2.39. The quantitative estimate of drug-likeness (QED) is 0.353. The fraction of sp³-hybridized carbons (Fsp3) is 0.200. The molecule has 0 aromatic heterocycles. The van der Waals surface area contributed by atoms with Crippen molar-refractivity contribution in [2.24, 2.45) is 0 Å². The lowest BCUT2D eigenvalue weighted by Gasteiger charge is -2.06. The summed E-state index contributed by atoms with van der Waals surface area (Å²) in [4.78, 5) is 44.1. The number of carboxylic acids is 1. The van der Waals surface area contributed by atoms with Gasteiger partial charge in [0.2, 0.25) is 10.2 Å². The highest BCUT2D eigenvalue weighted by Gasteiger charge is 2.15. The van der Waals surface area contributed by atoms with Crippen molar-refractivity contribution in [2.45, 2.75) is 19.8 Å². The Labute approximate surface area is 173 Å². The van der Waals surface area contributed by atoms with Crippen molar-refractivity contribution in [2.75, 3.05) is 6.61 Å². The summed E-state index contributed by atoms with van der Waals surface area (Å²) >= 11 is 7.26. The second kappa shape index (κ2) is 12.0. The molecule has 0 aliphatic heterocycles. The fourth-order valence-corrected chi connectivity index (χ4v) is 2.48. The molecule has 0 heterocycles. The van der Waals surface area contributed by atoms with Gasteiger partial charge >= 0.3 is 11.9 Å². The Morgan fingerprint density at radius 3 is 1.64 bits per heavy atom. The first-order valence-corrected chi connectivity index (χ1v) is 9.24. The minimum Gasteiger partial charge on any atom is -0.478 e. The van der Waals surface area contributed by atoms with Gasteiger partial charge in [0.05, 0.1) is 17.7 Å². The van der Waals surface area contributed by atoms with Gasteiger partial charge in [-0.25, -0.2) is 9.59 Å². The van der Waals surface area contributed by atoms with Gasteiger partial charge in [0.1, 0.15) is 0 Å². The molecule has 0 bridgehead atoms. The molecule has 28 heavy (non-hydrogen) atoms. The standard InChI is InChI=1S/C12H14O3S.C8H6O3S/c1-2-3-8-15-11(13)9-6-4-5-7-10(9)12(14)16;9-7(10)5-3-1-2-4-6(5)8(11)12/h4-7H,2-3,8H2,1H3,(H,14,16);1-4H,(H,9,10)(H,11,12). The summed E-state index contributed by atoms with van der Waals surface area (Å²) in [5.41, 5.74) is 0.664. The maximum Gasteiger partial charge on any atom is 0.338 e. The van der Waals surface area contributed by atoms with Crippen molar-refractivity contribution in [1.29, 1.82) is 0 Å². The van der Waals surface area contributed by atoms with Crippen LogP contribution < -0.4 is 0 Å². The molecule has 0 fully saturated rings. The number of aromatic carboxylic acids is 1. The van der Waals surface area contributed by atoms with Crippen LogP contribution in [0.2, 0.25) is 0 Å². The summed E-state index contributed by atoms with van der Waals surface area (Å²) in [6.07, 6.45) is 1.78. The highest BCUT2D eigenvalue weighted by Crippen LogP contribution is 2.13. The van der Waals surface area contributed by atoms with Gasteiger partial charge < -0.3 is 9.84 Å². The van der Waals surface area contributed by atoms with Gasteiger partial charge in [-0.05, 0) is 30.7 Å². The molecule has 0 atom stereocenters. The molecule has 148 valence electrons. The second-order valence-corrected chi connectivity index (χ2v) is 6.31. The number of hydrogen-bond acceptors (Lipinski definition) is 5. The molecule has 2 rings (SSSR count). The third kappa shape index (κ3) is 7.21. The first-order valence-electron chi connectivity index (χ1n) is 8.34. The van der Waals surface area contributed by atoms with E-state index in [9.17, 15) is 19.2 Å². The number of carbonyl (C=O) groups is 4. The highest BCUT2D eigenvalue weighted by atomic mass is 32.1. The van der Waals surface area contributed by atoms with E-state index in [4.69, 9.17) is 9.84 Å². The maximum atomic E-state index is 11.6. The number of unbranched alkanes of at least 4 members (excludes halogenated alkanes) is 1. The van der Waals surface area contributed by atoms with Crippen LogP contribution in [0.1, 0.15) is 61.2 Å². The lowest BCUT2D eigenvalue weighted by Crippen LogP contribution is -2.10. The van der Waals surface area contributed by atoms with Gasteiger partial charge in [0, 0.05) is 11.1 Å². The minimum atomic E-state index is -1.12. The molecule has 6 nitrogen and oxygen atoms in total. The molecule has 0 saturated carbocycles. The smallest absolute Gasteiger partial charge is 0.338 e. The molecule has 8 heteroatoms. The van der Waals surface area contributed by atoms with E-state index >= 15 is 0 Å². The summed E-state index contributed by atoms with van der Waals surface area (Å²) < 4.78 is 5.03. The average molecular weight is 421 g/mol. The molecular formula is C20H20O6S2. The van der Waals surface area contributed by atoms with E-state index < -0.39 is 22.2 Å². The zero-order valence-electron chi connectivity index (χ0n) is 15.1. The molecule has 0 radical (unpaired) electrons. The number of thiol groups is 2. The zero-order valence-corrected chi connectivity index (χ0v) is 16.9. The van der Waals surface area contributed by atoms with Crippen molar-refractivity contribution in [1.82, 2.24) is 0 Å². The second-order valence-electron chi connectivity index (χ2n) is 5.50. The summed E-state index contributed by atoms with van der Waals surface area (Å²) in [5.74, 6) is -1.58. The van der Waals surface area contributed by atoms with E-state index in [-0.39, 0.29) is 22.3 Å².